The molecule has 8 nitrogen and oxygen atoms in total. The number of benzene rings is 1. The number of fused-ring (bicyclic) bond motifs is 1. The topological polar surface area (TPSA) is 129 Å². The predicted molar refractivity (Wildman–Crippen MR) is 91.2 cm³/mol. The lowest BCUT2D eigenvalue weighted by Crippen LogP contribution is -2.19. The minimum Gasteiger partial charge on any atom is -0.465 e. The highest BCUT2D eigenvalue weighted by molar-refractivity contribution is 7.93. The smallest absolute Gasteiger partial charge is 0.349 e. The van der Waals surface area contributed by atoms with E-state index in [9.17, 15) is 18.0 Å². The molecule has 0 saturated heterocycles. The average molecular weight is 380 g/mol. The summed E-state index contributed by atoms with van der Waals surface area (Å²) in [6, 6.07) is 7.75. The zero-order valence-corrected chi connectivity index (χ0v) is 14.4. The molecule has 0 bridgehead atoms. The Balaban J connectivity index is 2.12. The van der Waals surface area contributed by atoms with Crippen LogP contribution in [0.15, 0.2) is 45.0 Å². The highest BCUT2D eigenvalue weighted by atomic mass is 32.2. The Morgan fingerprint density at radius 1 is 1.24 bits per heavy atom. The van der Waals surface area contributed by atoms with Crippen LogP contribution in [-0.4, -0.2) is 27.4 Å². The van der Waals surface area contributed by atoms with Crippen LogP contribution in [0.1, 0.15) is 20.2 Å². The lowest BCUT2D eigenvalue weighted by Gasteiger charge is -2.08. The Hall–Kier alpha value is -2.85. The van der Waals surface area contributed by atoms with E-state index in [1.165, 1.54) is 11.4 Å². The van der Waals surface area contributed by atoms with Crippen LogP contribution < -0.4 is 10.5 Å². The molecule has 3 N–H and O–H groups in total. The second-order valence-electron chi connectivity index (χ2n) is 4.88. The summed E-state index contributed by atoms with van der Waals surface area (Å²) in [5.74, 6) is -2.02. The summed E-state index contributed by atoms with van der Waals surface area (Å²) in [6.45, 7) is 0. The van der Waals surface area contributed by atoms with Crippen LogP contribution in [0.3, 0.4) is 0 Å². The summed E-state index contributed by atoms with van der Waals surface area (Å²) in [6.07, 6.45) is 0. The molecular weight excluding hydrogens is 368 g/mol. The number of esters is 1. The fourth-order valence-corrected chi connectivity index (χ4v) is 4.68. The summed E-state index contributed by atoms with van der Waals surface area (Å²) in [5.41, 5.74) is 5.50. The number of anilines is 1. The largest absolute Gasteiger partial charge is 0.465 e. The maximum Gasteiger partial charge on any atom is 0.349 e. The molecule has 2 heterocycles. The monoisotopic (exact) mass is 380 g/mol. The molecule has 1 aromatic carbocycles. The number of rotatable bonds is 5. The van der Waals surface area contributed by atoms with Gasteiger partial charge >= 0.3 is 5.97 Å². The summed E-state index contributed by atoms with van der Waals surface area (Å²) >= 11 is 0.927. The van der Waals surface area contributed by atoms with E-state index in [0.717, 1.165) is 18.4 Å². The fourth-order valence-electron chi connectivity index (χ4n) is 2.26. The number of para-hydroxylation sites is 1. The first kappa shape index (κ1) is 17.0. The van der Waals surface area contributed by atoms with Gasteiger partial charge in [0.05, 0.1) is 7.11 Å². The average Bonchev–Trinajstić information content (AvgIpc) is 3.20. The van der Waals surface area contributed by atoms with Crippen molar-refractivity contribution in [2.75, 3.05) is 11.8 Å². The van der Waals surface area contributed by atoms with E-state index in [1.807, 2.05) is 0 Å². The van der Waals surface area contributed by atoms with E-state index in [2.05, 4.69) is 9.46 Å². The molecule has 3 rings (SSSR count). The number of methoxy groups -OCH3 is 1. The van der Waals surface area contributed by atoms with E-state index in [0.29, 0.717) is 11.0 Å². The molecule has 0 unspecified atom stereocenters. The Morgan fingerprint density at radius 3 is 2.64 bits per heavy atom. The first-order valence-corrected chi connectivity index (χ1v) is 9.21. The molecule has 130 valence electrons. The molecule has 0 fully saturated rings. The predicted octanol–water partition coefficient (Wildman–Crippen LogP) is 2.18. The third-order valence-corrected chi connectivity index (χ3v) is 5.76. The molecule has 1 amide bonds. The van der Waals surface area contributed by atoms with Gasteiger partial charge in [0.15, 0.2) is 0 Å². The van der Waals surface area contributed by atoms with Gasteiger partial charge in [0.25, 0.3) is 15.9 Å². The normalized spacial score (nSPS) is 11.4. The second kappa shape index (κ2) is 6.22. The number of furan rings is 1. The Morgan fingerprint density at radius 2 is 1.96 bits per heavy atom. The van der Waals surface area contributed by atoms with Crippen molar-refractivity contribution in [1.82, 2.24) is 0 Å². The van der Waals surface area contributed by atoms with E-state index in [-0.39, 0.29) is 21.2 Å². The van der Waals surface area contributed by atoms with Gasteiger partial charge in [0, 0.05) is 5.39 Å². The van der Waals surface area contributed by atoms with Gasteiger partial charge in [-0.3, -0.25) is 9.52 Å². The number of hydrogen-bond acceptors (Lipinski definition) is 7. The van der Waals surface area contributed by atoms with Crippen molar-refractivity contribution in [2.24, 2.45) is 5.73 Å². The molecule has 0 aliphatic rings. The maximum absolute atomic E-state index is 12.7. The van der Waals surface area contributed by atoms with Crippen molar-refractivity contribution in [2.45, 2.75) is 4.90 Å². The van der Waals surface area contributed by atoms with E-state index < -0.39 is 21.9 Å². The Kier molecular flexibility index (Phi) is 4.23. The van der Waals surface area contributed by atoms with Crippen molar-refractivity contribution in [1.29, 1.82) is 0 Å². The lowest BCUT2D eigenvalue weighted by atomic mass is 10.2. The Labute approximate surface area is 146 Å². The minimum absolute atomic E-state index is 0.0786. The van der Waals surface area contributed by atoms with E-state index >= 15 is 0 Å². The highest BCUT2D eigenvalue weighted by Gasteiger charge is 2.28. The number of sulfonamides is 1. The molecule has 3 aromatic rings. The van der Waals surface area contributed by atoms with Crippen LogP contribution >= 0.6 is 11.3 Å². The number of carbonyl (C=O) groups is 2. The SMILES string of the molecule is COC(=O)c1sccc1S(=O)(=O)Nc1c(C(N)=O)oc2ccccc12. The van der Waals surface area contributed by atoms with Gasteiger partial charge < -0.3 is 14.9 Å². The lowest BCUT2D eigenvalue weighted by molar-refractivity contribution is 0.0602. The molecular formula is C15H12N2O6S2. The quantitative estimate of drug-likeness (QED) is 0.653. The minimum atomic E-state index is -4.18. The van der Waals surface area contributed by atoms with Crippen molar-refractivity contribution in [3.8, 4) is 0 Å². The van der Waals surface area contributed by atoms with E-state index in [1.54, 1.807) is 24.3 Å². The van der Waals surface area contributed by atoms with Gasteiger partial charge in [0.2, 0.25) is 5.76 Å². The molecule has 0 saturated carbocycles. The van der Waals surface area contributed by atoms with Crippen molar-refractivity contribution < 1.29 is 27.2 Å². The molecule has 2 aromatic heterocycles. The second-order valence-corrected chi connectivity index (χ2v) is 7.44. The third kappa shape index (κ3) is 2.96. The van der Waals surface area contributed by atoms with Gasteiger partial charge in [-0.1, -0.05) is 12.1 Å². The van der Waals surface area contributed by atoms with Crippen molar-refractivity contribution in [3.05, 3.63) is 46.3 Å². The maximum atomic E-state index is 12.7. The van der Waals surface area contributed by atoms with Gasteiger partial charge in [-0.2, -0.15) is 0 Å². The Bertz CT molecular complexity index is 1080. The summed E-state index contributed by atoms with van der Waals surface area (Å²) in [5, 5.41) is 1.82. The molecule has 0 aliphatic carbocycles. The molecule has 0 aliphatic heterocycles. The van der Waals surface area contributed by atoms with Gasteiger partial charge in [0.1, 0.15) is 21.0 Å². The zero-order chi connectivity index (χ0) is 18.2. The zero-order valence-electron chi connectivity index (χ0n) is 12.8. The first-order chi connectivity index (χ1) is 11.8. The number of nitrogens with one attached hydrogen (secondary N) is 1. The van der Waals surface area contributed by atoms with Crippen LogP contribution in [0.4, 0.5) is 5.69 Å². The summed E-state index contributed by atoms with van der Waals surface area (Å²) < 4.78 is 37.6. The van der Waals surface area contributed by atoms with Crippen LogP contribution in [0, 0.1) is 0 Å². The van der Waals surface area contributed by atoms with Crippen LogP contribution in [0.25, 0.3) is 11.0 Å². The van der Waals surface area contributed by atoms with Gasteiger partial charge in [-0.05, 0) is 23.6 Å². The van der Waals surface area contributed by atoms with E-state index in [4.69, 9.17) is 10.2 Å². The molecule has 25 heavy (non-hydrogen) atoms. The molecule has 0 spiro atoms. The highest BCUT2D eigenvalue weighted by Crippen LogP contribution is 2.33. The fraction of sp³-hybridized carbons (Fsp3) is 0.0667. The number of thiophene rings is 1. The first-order valence-electron chi connectivity index (χ1n) is 6.85. The van der Waals surface area contributed by atoms with Crippen LogP contribution in [0.2, 0.25) is 0 Å². The summed E-state index contributed by atoms with van der Waals surface area (Å²) in [4.78, 5) is 23.0. The van der Waals surface area contributed by atoms with Gasteiger partial charge in [-0.25, -0.2) is 13.2 Å². The number of primary amides is 1. The van der Waals surface area contributed by atoms with Crippen molar-refractivity contribution >= 4 is 49.9 Å². The standard InChI is InChI=1S/C15H12N2O6S2/c1-22-15(19)13-10(6-7-24-13)25(20,21)17-11-8-4-2-3-5-9(8)23-12(11)14(16)18/h2-7,17H,1H3,(H2,16,18). The van der Waals surface area contributed by atoms with Crippen molar-refractivity contribution in [3.63, 3.8) is 0 Å². The number of nitrogens with two attached hydrogens (primary N) is 1. The molecule has 10 heteroatoms. The third-order valence-electron chi connectivity index (χ3n) is 3.35. The molecule has 0 radical (unpaired) electrons. The van der Waals surface area contributed by atoms with Crippen LogP contribution in [0.5, 0.6) is 0 Å². The number of hydrogen-bond donors (Lipinski definition) is 2. The molecule has 0 atom stereocenters. The number of carbonyl (C=O) groups excluding carboxylic acids is 2. The number of amides is 1. The summed E-state index contributed by atoms with van der Waals surface area (Å²) in [7, 11) is -3.03. The van der Waals surface area contributed by atoms with Gasteiger partial charge in [-0.15, -0.1) is 11.3 Å². The number of ether oxygens (including phenoxy) is 1. The van der Waals surface area contributed by atoms with Crippen LogP contribution in [-0.2, 0) is 14.8 Å².